The van der Waals surface area contributed by atoms with Crippen LogP contribution in [0.4, 0.5) is 0 Å². The quantitative estimate of drug-likeness (QED) is 0.896. The minimum atomic E-state index is 0.881. The van der Waals surface area contributed by atoms with Crippen LogP contribution in [0.1, 0.15) is 36.5 Å². The van der Waals surface area contributed by atoms with Crippen LogP contribution in [0.25, 0.3) is 5.82 Å². The van der Waals surface area contributed by atoms with E-state index in [0.717, 1.165) is 42.4 Å². The third-order valence-electron chi connectivity index (χ3n) is 3.36. The van der Waals surface area contributed by atoms with E-state index in [1.165, 1.54) is 5.56 Å². The molecule has 4 nitrogen and oxygen atoms in total. The van der Waals surface area contributed by atoms with Crippen molar-refractivity contribution in [3.8, 4) is 5.82 Å². The number of hydrogen-bond acceptors (Lipinski definition) is 3. The number of nitrogens with zero attached hydrogens (tertiary/aromatic N) is 3. The Morgan fingerprint density at radius 3 is 2.58 bits per heavy atom. The predicted octanol–water partition coefficient (Wildman–Crippen LogP) is 2.56. The first-order valence-corrected chi connectivity index (χ1v) is 6.87. The zero-order chi connectivity index (χ0) is 13.8. The van der Waals surface area contributed by atoms with Gasteiger partial charge >= 0.3 is 0 Å². The first-order chi connectivity index (χ1) is 9.15. The zero-order valence-corrected chi connectivity index (χ0v) is 12.2. The lowest BCUT2D eigenvalue weighted by Gasteiger charge is -2.10. The fourth-order valence-electron chi connectivity index (χ4n) is 2.04. The molecule has 2 aromatic rings. The highest BCUT2D eigenvalue weighted by molar-refractivity contribution is 5.34. The SMILES string of the molecule is CCNCc1cc(CC)nc(-n2cnc(C)c2C)c1. The van der Waals surface area contributed by atoms with E-state index < -0.39 is 0 Å². The van der Waals surface area contributed by atoms with Gasteiger partial charge in [-0.2, -0.15) is 0 Å². The number of nitrogens with one attached hydrogen (secondary N) is 1. The Hall–Kier alpha value is -1.68. The standard InChI is InChI=1S/C15H22N4/c1-5-14-7-13(9-16-6-2)8-15(18-14)19-10-17-11(3)12(19)4/h7-8,10,16H,5-6,9H2,1-4H3. The van der Waals surface area contributed by atoms with Gasteiger partial charge in [0, 0.05) is 17.9 Å². The normalized spacial score (nSPS) is 10.9. The molecule has 2 rings (SSSR count). The average Bonchev–Trinajstić information content (AvgIpc) is 2.76. The van der Waals surface area contributed by atoms with Crippen molar-refractivity contribution >= 4 is 0 Å². The summed E-state index contributed by atoms with van der Waals surface area (Å²) in [6.45, 7) is 10.2. The van der Waals surface area contributed by atoms with Crippen LogP contribution in [0.3, 0.4) is 0 Å². The van der Waals surface area contributed by atoms with Gasteiger partial charge in [0.05, 0.1) is 5.69 Å². The summed E-state index contributed by atoms with van der Waals surface area (Å²) in [4.78, 5) is 9.05. The third-order valence-corrected chi connectivity index (χ3v) is 3.36. The highest BCUT2D eigenvalue weighted by atomic mass is 15.1. The molecule has 19 heavy (non-hydrogen) atoms. The largest absolute Gasteiger partial charge is 0.313 e. The lowest BCUT2D eigenvalue weighted by atomic mass is 10.2. The Morgan fingerprint density at radius 1 is 1.21 bits per heavy atom. The van der Waals surface area contributed by atoms with Crippen LogP contribution < -0.4 is 5.32 Å². The number of aryl methyl sites for hydroxylation is 2. The van der Waals surface area contributed by atoms with E-state index in [2.05, 4.69) is 47.8 Å². The van der Waals surface area contributed by atoms with E-state index >= 15 is 0 Å². The monoisotopic (exact) mass is 258 g/mol. The first-order valence-electron chi connectivity index (χ1n) is 6.87. The van der Waals surface area contributed by atoms with Crippen LogP contribution in [-0.4, -0.2) is 21.1 Å². The topological polar surface area (TPSA) is 42.7 Å². The van der Waals surface area contributed by atoms with Gasteiger partial charge in [0.25, 0.3) is 0 Å². The van der Waals surface area contributed by atoms with Crippen LogP contribution in [-0.2, 0) is 13.0 Å². The highest BCUT2D eigenvalue weighted by Crippen LogP contribution is 2.15. The fraction of sp³-hybridized carbons (Fsp3) is 0.467. The van der Waals surface area contributed by atoms with Crippen LogP contribution in [0.2, 0.25) is 0 Å². The lowest BCUT2D eigenvalue weighted by molar-refractivity contribution is 0.722. The number of imidazole rings is 1. The molecule has 2 heterocycles. The third kappa shape index (κ3) is 3.01. The maximum Gasteiger partial charge on any atom is 0.138 e. The molecule has 0 atom stereocenters. The maximum atomic E-state index is 4.70. The van der Waals surface area contributed by atoms with Crippen LogP contribution >= 0.6 is 0 Å². The molecule has 0 radical (unpaired) electrons. The molecule has 0 saturated heterocycles. The molecule has 0 aliphatic carbocycles. The summed E-state index contributed by atoms with van der Waals surface area (Å²) >= 11 is 0. The average molecular weight is 258 g/mol. The Balaban J connectivity index is 2.41. The maximum absolute atomic E-state index is 4.70. The number of hydrogen-bond donors (Lipinski definition) is 1. The smallest absolute Gasteiger partial charge is 0.138 e. The lowest BCUT2D eigenvalue weighted by Crippen LogP contribution is -2.13. The van der Waals surface area contributed by atoms with Crippen molar-refractivity contribution in [1.29, 1.82) is 0 Å². The second-order valence-corrected chi connectivity index (χ2v) is 4.74. The number of aromatic nitrogens is 3. The second-order valence-electron chi connectivity index (χ2n) is 4.74. The van der Waals surface area contributed by atoms with E-state index in [9.17, 15) is 0 Å². The van der Waals surface area contributed by atoms with Crippen LogP contribution in [0, 0.1) is 13.8 Å². The van der Waals surface area contributed by atoms with Crippen molar-refractivity contribution in [2.75, 3.05) is 6.54 Å². The van der Waals surface area contributed by atoms with Crippen molar-refractivity contribution in [2.45, 2.75) is 40.7 Å². The van der Waals surface area contributed by atoms with Crippen molar-refractivity contribution < 1.29 is 0 Å². The van der Waals surface area contributed by atoms with Crippen molar-refractivity contribution in [2.24, 2.45) is 0 Å². The summed E-state index contributed by atoms with van der Waals surface area (Å²) in [6.07, 6.45) is 2.79. The summed E-state index contributed by atoms with van der Waals surface area (Å²) in [5.41, 5.74) is 4.60. The Bertz CT molecular complexity index is 557. The van der Waals surface area contributed by atoms with Crippen molar-refractivity contribution in [1.82, 2.24) is 19.9 Å². The Labute approximate surface area is 114 Å². The van der Waals surface area contributed by atoms with Gasteiger partial charge in [-0.1, -0.05) is 13.8 Å². The van der Waals surface area contributed by atoms with Gasteiger partial charge < -0.3 is 5.32 Å². The zero-order valence-electron chi connectivity index (χ0n) is 12.2. The molecule has 0 aliphatic heterocycles. The molecule has 0 bridgehead atoms. The molecular weight excluding hydrogens is 236 g/mol. The van der Waals surface area contributed by atoms with Gasteiger partial charge in [-0.15, -0.1) is 0 Å². The molecule has 0 amide bonds. The predicted molar refractivity (Wildman–Crippen MR) is 77.6 cm³/mol. The summed E-state index contributed by atoms with van der Waals surface area (Å²) in [6, 6.07) is 4.31. The van der Waals surface area contributed by atoms with Gasteiger partial charge in [-0.25, -0.2) is 9.97 Å². The number of pyridine rings is 1. The van der Waals surface area contributed by atoms with Crippen LogP contribution in [0.5, 0.6) is 0 Å². The summed E-state index contributed by atoms with van der Waals surface area (Å²) in [5.74, 6) is 0.963. The van der Waals surface area contributed by atoms with Gasteiger partial charge in [0.2, 0.25) is 0 Å². The molecule has 0 spiro atoms. The summed E-state index contributed by atoms with van der Waals surface area (Å²) in [7, 11) is 0. The molecular formula is C15H22N4. The summed E-state index contributed by atoms with van der Waals surface area (Å²) < 4.78 is 2.06. The minimum absolute atomic E-state index is 0.881. The van der Waals surface area contributed by atoms with Gasteiger partial charge in [-0.05, 0) is 44.5 Å². The van der Waals surface area contributed by atoms with Gasteiger partial charge in [-0.3, -0.25) is 4.57 Å². The molecule has 0 aliphatic rings. The minimum Gasteiger partial charge on any atom is -0.313 e. The van der Waals surface area contributed by atoms with Gasteiger partial charge in [0.1, 0.15) is 12.1 Å². The van der Waals surface area contributed by atoms with E-state index in [4.69, 9.17) is 4.98 Å². The molecule has 0 fully saturated rings. The molecule has 4 heteroatoms. The van der Waals surface area contributed by atoms with Gasteiger partial charge in [0.15, 0.2) is 0 Å². The number of rotatable bonds is 5. The molecule has 0 saturated carbocycles. The van der Waals surface area contributed by atoms with Crippen molar-refractivity contribution in [3.05, 3.63) is 41.1 Å². The van der Waals surface area contributed by atoms with Crippen molar-refractivity contribution in [3.63, 3.8) is 0 Å². The fourth-order valence-corrected chi connectivity index (χ4v) is 2.04. The first kappa shape index (κ1) is 13.7. The van der Waals surface area contributed by atoms with E-state index in [-0.39, 0.29) is 0 Å². The van der Waals surface area contributed by atoms with E-state index in [1.54, 1.807) is 0 Å². The molecule has 1 N–H and O–H groups in total. The summed E-state index contributed by atoms with van der Waals surface area (Å²) in [5, 5.41) is 3.36. The molecule has 0 unspecified atom stereocenters. The molecule has 0 aromatic carbocycles. The second kappa shape index (κ2) is 5.97. The Morgan fingerprint density at radius 2 is 2.00 bits per heavy atom. The molecule has 102 valence electrons. The Kier molecular flexibility index (Phi) is 4.32. The van der Waals surface area contributed by atoms with E-state index in [1.807, 2.05) is 13.3 Å². The molecule has 2 aromatic heterocycles. The van der Waals surface area contributed by atoms with Crippen LogP contribution in [0.15, 0.2) is 18.5 Å². The highest BCUT2D eigenvalue weighted by Gasteiger charge is 2.08. The van der Waals surface area contributed by atoms with E-state index in [0.29, 0.717) is 0 Å².